The second-order valence-electron chi connectivity index (χ2n) is 5.53. The van der Waals surface area contributed by atoms with E-state index in [0.29, 0.717) is 0 Å². The molecule has 0 radical (unpaired) electrons. The Kier molecular flexibility index (Phi) is 6.66. The molecule has 0 atom stereocenters. The molecule has 0 saturated carbocycles. The van der Waals surface area contributed by atoms with Gasteiger partial charge in [0.05, 0.1) is 0 Å². The first-order chi connectivity index (χ1) is 10.7. The molecule has 0 N–H and O–H groups in total. The molecule has 2 heteroatoms. The van der Waals surface area contributed by atoms with Crippen molar-refractivity contribution in [2.24, 2.45) is 0 Å². The molecule has 0 spiro atoms. The number of benzene rings is 3. The smallest absolute Gasteiger partial charge is 0 e. The maximum absolute atomic E-state index is 4.88. The molecule has 0 saturated heterocycles. The quantitative estimate of drug-likeness (QED) is 0.450. The number of hydrogen-bond donors (Lipinski definition) is 0. The Balaban J connectivity index is 0.00000192. The van der Waals surface area contributed by atoms with Crippen molar-refractivity contribution in [3.05, 3.63) is 112 Å². The molecule has 0 amide bonds. The molecular formula is C21H19NSm-2. The van der Waals surface area contributed by atoms with Gasteiger partial charge in [-0.2, -0.15) is 0 Å². The maximum Gasteiger partial charge on any atom is 0 e. The van der Waals surface area contributed by atoms with E-state index in [0.717, 1.165) is 22.9 Å². The summed E-state index contributed by atoms with van der Waals surface area (Å²) in [7, 11) is 0. The largest absolute Gasteiger partial charge is 0.693 e. The van der Waals surface area contributed by atoms with Crippen LogP contribution < -0.4 is 0 Å². The van der Waals surface area contributed by atoms with E-state index in [1.807, 2.05) is 30.3 Å². The number of rotatable bonds is 4. The topological polar surface area (TPSA) is 14.1 Å². The summed E-state index contributed by atoms with van der Waals surface area (Å²) < 4.78 is 0. The summed E-state index contributed by atoms with van der Waals surface area (Å²) in [5.74, 6) is 0. The van der Waals surface area contributed by atoms with Crippen LogP contribution in [0.4, 0.5) is 5.69 Å². The van der Waals surface area contributed by atoms with Gasteiger partial charge in [-0.3, -0.25) is 0 Å². The molecule has 0 aliphatic carbocycles. The molecule has 116 valence electrons. The Morgan fingerprint density at radius 3 is 1.48 bits per heavy atom. The van der Waals surface area contributed by atoms with E-state index >= 15 is 0 Å². The summed E-state index contributed by atoms with van der Waals surface area (Å²) in [6.07, 6.45) is 0. The zero-order valence-electron chi connectivity index (χ0n) is 13.4. The second kappa shape index (κ2) is 8.50. The fourth-order valence-corrected chi connectivity index (χ4v) is 2.35. The molecule has 3 rings (SSSR count). The van der Waals surface area contributed by atoms with Crippen molar-refractivity contribution in [3.63, 3.8) is 0 Å². The molecule has 0 unspecified atom stereocenters. The van der Waals surface area contributed by atoms with Gasteiger partial charge >= 0.3 is 0 Å². The van der Waals surface area contributed by atoms with Crippen molar-refractivity contribution in [1.29, 1.82) is 0 Å². The Morgan fingerprint density at radius 2 is 1.04 bits per heavy atom. The van der Waals surface area contributed by atoms with Crippen LogP contribution >= 0.6 is 0 Å². The predicted molar refractivity (Wildman–Crippen MR) is 93.3 cm³/mol. The zero-order chi connectivity index (χ0) is 15.4. The minimum absolute atomic E-state index is 0. The van der Waals surface area contributed by atoms with Gasteiger partial charge in [0.1, 0.15) is 0 Å². The predicted octanol–water partition coefficient (Wildman–Crippen LogP) is 5.94. The van der Waals surface area contributed by atoms with Crippen LogP contribution in [0.15, 0.2) is 78.9 Å². The van der Waals surface area contributed by atoms with Crippen LogP contribution in [0.5, 0.6) is 0 Å². The van der Waals surface area contributed by atoms with Crippen LogP contribution in [0.2, 0.25) is 0 Å². The third kappa shape index (κ3) is 4.82. The number of hydrogen-bond acceptors (Lipinski definition) is 0. The summed E-state index contributed by atoms with van der Waals surface area (Å²) in [6, 6.07) is 28.2. The summed E-state index contributed by atoms with van der Waals surface area (Å²) >= 11 is 0. The second-order valence-corrected chi connectivity index (χ2v) is 5.53. The standard InChI is InChI=1S/C21H19N.Sm/c1-16-8-12-18(13-9-16)21(19-14-10-17(2)11-15-19)22-20-6-4-3-5-7-20;/h3-15H,1-2H3;/q-2;. The normalized spacial score (nSPS) is 9.83. The van der Waals surface area contributed by atoms with Crippen LogP contribution in [0.25, 0.3) is 5.32 Å². The van der Waals surface area contributed by atoms with E-state index < -0.39 is 0 Å². The fourth-order valence-electron chi connectivity index (χ4n) is 2.35. The number of nitrogens with zero attached hydrogens (tertiary/aromatic N) is 1. The van der Waals surface area contributed by atoms with E-state index in [4.69, 9.17) is 5.32 Å². The SMILES string of the molecule is Cc1ccc([C-]([N-]c2ccccc2)c2ccc(C)cc2)cc1.[Sm]. The number of para-hydroxylation sites is 1. The average Bonchev–Trinajstić information content (AvgIpc) is 2.56. The molecule has 1 nitrogen and oxygen atoms in total. The van der Waals surface area contributed by atoms with Gasteiger partial charge in [0.25, 0.3) is 0 Å². The van der Waals surface area contributed by atoms with Crippen molar-refractivity contribution in [3.8, 4) is 0 Å². The molecule has 0 aliphatic rings. The third-order valence-electron chi connectivity index (χ3n) is 3.65. The van der Waals surface area contributed by atoms with Crippen LogP contribution in [0, 0.1) is 60.3 Å². The van der Waals surface area contributed by atoms with Crippen LogP contribution in [-0.4, -0.2) is 0 Å². The van der Waals surface area contributed by atoms with Gasteiger partial charge in [0.15, 0.2) is 0 Å². The molecule has 0 aliphatic heterocycles. The summed E-state index contributed by atoms with van der Waals surface area (Å²) in [6.45, 7) is 4.20. The maximum atomic E-state index is 4.88. The first-order valence-corrected chi connectivity index (χ1v) is 7.50. The van der Waals surface area contributed by atoms with Crippen molar-refractivity contribution < 1.29 is 40.4 Å². The first kappa shape index (κ1) is 18.0. The van der Waals surface area contributed by atoms with Gasteiger partial charge in [0.2, 0.25) is 0 Å². The van der Waals surface area contributed by atoms with E-state index in [1.54, 1.807) is 0 Å². The monoisotopic (exact) mass is 437 g/mol. The summed E-state index contributed by atoms with van der Waals surface area (Å²) in [5, 5.41) is 4.88. The van der Waals surface area contributed by atoms with Gasteiger partial charge in [-0.1, -0.05) is 65.7 Å². The first-order valence-electron chi connectivity index (χ1n) is 7.50. The van der Waals surface area contributed by atoms with Gasteiger partial charge in [-0.05, 0) is 13.8 Å². The molecule has 0 heterocycles. The van der Waals surface area contributed by atoms with Crippen molar-refractivity contribution in [2.45, 2.75) is 13.8 Å². The Hall–Kier alpha value is -1.33. The van der Waals surface area contributed by atoms with Gasteiger partial charge in [0, 0.05) is 40.4 Å². The zero-order valence-corrected chi connectivity index (χ0v) is 16.0. The van der Waals surface area contributed by atoms with Gasteiger partial charge in [-0.25, -0.2) is 6.04 Å². The Labute approximate surface area is 171 Å². The Morgan fingerprint density at radius 1 is 0.609 bits per heavy atom. The molecule has 3 aromatic carbocycles. The molecule has 0 aromatic heterocycles. The molecule has 23 heavy (non-hydrogen) atoms. The minimum atomic E-state index is 0. The van der Waals surface area contributed by atoms with E-state index in [-0.39, 0.29) is 40.4 Å². The molecule has 0 fully saturated rings. The average molecular weight is 436 g/mol. The van der Waals surface area contributed by atoms with Crippen LogP contribution in [0.1, 0.15) is 22.3 Å². The fraction of sp³-hybridized carbons (Fsp3) is 0.0952. The van der Waals surface area contributed by atoms with Gasteiger partial charge in [-0.15, -0.1) is 41.1 Å². The van der Waals surface area contributed by atoms with Crippen LogP contribution in [0.3, 0.4) is 0 Å². The minimum Gasteiger partial charge on any atom is -0.693 e. The van der Waals surface area contributed by atoms with Crippen molar-refractivity contribution in [2.75, 3.05) is 0 Å². The molecule has 0 bridgehead atoms. The van der Waals surface area contributed by atoms with Crippen molar-refractivity contribution >= 4 is 5.69 Å². The molecular weight excluding hydrogens is 417 g/mol. The third-order valence-corrected chi connectivity index (χ3v) is 3.65. The van der Waals surface area contributed by atoms with E-state index in [2.05, 4.69) is 62.4 Å². The number of aryl methyl sites for hydroxylation is 2. The Bertz CT molecular complexity index is 673. The van der Waals surface area contributed by atoms with Gasteiger partial charge < -0.3 is 5.32 Å². The van der Waals surface area contributed by atoms with E-state index in [1.165, 1.54) is 11.1 Å². The molecule has 3 aromatic rings. The summed E-state index contributed by atoms with van der Waals surface area (Å²) in [5.41, 5.74) is 5.76. The summed E-state index contributed by atoms with van der Waals surface area (Å²) in [4.78, 5) is 0. The van der Waals surface area contributed by atoms with Crippen LogP contribution in [-0.2, 0) is 0 Å². The van der Waals surface area contributed by atoms with E-state index in [9.17, 15) is 0 Å². The van der Waals surface area contributed by atoms with Crippen molar-refractivity contribution in [1.82, 2.24) is 0 Å².